The number of rotatable bonds is 1. The zero-order valence-electron chi connectivity index (χ0n) is 8.18. The second-order valence-corrected chi connectivity index (χ2v) is 3.33. The fourth-order valence-electron chi connectivity index (χ4n) is 1.51. The molecule has 74 valence electrons. The van der Waals surface area contributed by atoms with Crippen LogP contribution in [0, 0.1) is 0 Å². The van der Waals surface area contributed by atoms with Gasteiger partial charge in [-0.05, 0) is 18.2 Å². The first kappa shape index (κ1) is 8.16. The first-order chi connectivity index (χ1) is 7.33. The minimum absolute atomic E-state index is 0.721. The summed E-state index contributed by atoms with van der Waals surface area (Å²) >= 11 is 0. The molecule has 1 N–H and O–H groups in total. The molecule has 0 amide bonds. The Balaban J connectivity index is 2.19. The number of hydrogen-bond donors (Lipinski definition) is 1. The second kappa shape index (κ2) is 2.91. The number of aromatic nitrogens is 5. The Hall–Kier alpha value is -2.17. The van der Waals surface area contributed by atoms with Gasteiger partial charge in [-0.25, -0.2) is 9.97 Å². The summed E-state index contributed by atoms with van der Waals surface area (Å²) in [7, 11) is 1.88. The molecule has 0 unspecified atom stereocenters. The van der Waals surface area contributed by atoms with Gasteiger partial charge in [-0.1, -0.05) is 0 Å². The quantitative estimate of drug-likeness (QED) is 0.643. The molecule has 0 bridgehead atoms. The van der Waals surface area contributed by atoms with E-state index in [-0.39, 0.29) is 0 Å². The van der Waals surface area contributed by atoms with Crippen LogP contribution in [0.25, 0.3) is 22.7 Å². The maximum absolute atomic E-state index is 4.35. The molecule has 0 aliphatic rings. The number of pyridine rings is 1. The number of nitrogens with zero attached hydrogens (tertiary/aromatic N) is 4. The fourth-order valence-corrected chi connectivity index (χ4v) is 1.51. The minimum atomic E-state index is 0.721. The first-order valence-electron chi connectivity index (χ1n) is 4.64. The van der Waals surface area contributed by atoms with Crippen molar-refractivity contribution in [1.29, 1.82) is 0 Å². The third-order valence-corrected chi connectivity index (χ3v) is 2.21. The highest BCUT2D eigenvalue weighted by Crippen LogP contribution is 2.16. The summed E-state index contributed by atoms with van der Waals surface area (Å²) in [5.74, 6) is 0.754. The summed E-state index contributed by atoms with van der Waals surface area (Å²) in [5, 5.41) is 4.27. The van der Waals surface area contributed by atoms with Gasteiger partial charge >= 0.3 is 0 Å². The Labute approximate surface area is 85.8 Å². The van der Waals surface area contributed by atoms with E-state index in [1.165, 1.54) is 0 Å². The van der Waals surface area contributed by atoms with Crippen molar-refractivity contribution < 1.29 is 0 Å². The zero-order chi connectivity index (χ0) is 10.3. The van der Waals surface area contributed by atoms with Gasteiger partial charge in [0, 0.05) is 19.4 Å². The van der Waals surface area contributed by atoms with E-state index in [0.29, 0.717) is 0 Å². The van der Waals surface area contributed by atoms with Gasteiger partial charge in [-0.15, -0.1) is 0 Å². The summed E-state index contributed by atoms with van der Waals surface area (Å²) < 4.78 is 1.75. The van der Waals surface area contributed by atoms with Crippen LogP contribution in [0.5, 0.6) is 0 Å². The van der Waals surface area contributed by atoms with Crippen LogP contribution in [0.1, 0.15) is 0 Å². The molecule has 3 heterocycles. The largest absolute Gasteiger partial charge is 0.335 e. The highest BCUT2D eigenvalue weighted by atomic mass is 15.3. The molecule has 3 aromatic rings. The van der Waals surface area contributed by atoms with Crippen molar-refractivity contribution in [2.24, 2.45) is 7.05 Å². The Kier molecular flexibility index (Phi) is 1.58. The van der Waals surface area contributed by atoms with Crippen molar-refractivity contribution in [3.63, 3.8) is 0 Å². The molecule has 0 aliphatic heterocycles. The van der Waals surface area contributed by atoms with Crippen molar-refractivity contribution in [2.45, 2.75) is 0 Å². The molecule has 0 saturated heterocycles. The fraction of sp³-hybridized carbons (Fsp3) is 0.100. The van der Waals surface area contributed by atoms with E-state index in [4.69, 9.17) is 0 Å². The molecule has 0 atom stereocenters. The Morgan fingerprint density at radius 3 is 3.00 bits per heavy atom. The van der Waals surface area contributed by atoms with Gasteiger partial charge < -0.3 is 4.98 Å². The summed E-state index contributed by atoms with van der Waals surface area (Å²) in [6.45, 7) is 0. The molecule has 0 radical (unpaired) electrons. The molecule has 0 saturated carbocycles. The Bertz CT molecular complexity index is 574. The van der Waals surface area contributed by atoms with Crippen LogP contribution < -0.4 is 0 Å². The Morgan fingerprint density at radius 1 is 1.33 bits per heavy atom. The molecular formula is C10H9N5. The van der Waals surface area contributed by atoms with Crippen LogP contribution in [-0.2, 0) is 7.05 Å². The third kappa shape index (κ3) is 1.28. The van der Waals surface area contributed by atoms with Gasteiger partial charge in [0.15, 0.2) is 11.5 Å². The highest BCUT2D eigenvalue weighted by molar-refractivity contribution is 5.74. The molecule has 5 heteroatoms. The topological polar surface area (TPSA) is 59.4 Å². The summed E-state index contributed by atoms with van der Waals surface area (Å²) in [4.78, 5) is 11.7. The molecule has 15 heavy (non-hydrogen) atoms. The van der Waals surface area contributed by atoms with E-state index in [9.17, 15) is 0 Å². The average molecular weight is 199 g/mol. The standard InChI is InChI=1S/C10H9N5/c1-15-6-4-8(14-15)10-12-7-3-2-5-11-9(7)13-10/h2-6H,1H3,(H,11,12,13). The van der Waals surface area contributed by atoms with Gasteiger partial charge in [0.1, 0.15) is 5.69 Å². The highest BCUT2D eigenvalue weighted by Gasteiger charge is 2.07. The monoisotopic (exact) mass is 199 g/mol. The van der Waals surface area contributed by atoms with Crippen LogP contribution in [-0.4, -0.2) is 24.7 Å². The van der Waals surface area contributed by atoms with Crippen LogP contribution in [0.4, 0.5) is 0 Å². The summed E-state index contributed by atoms with van der Waals surface area (Å²) in [6, 6.07) is 5.74. The zero-order valence-corrected chi connectivity index (χ0v) is 8.18. The van der Waals surface area contributed by atoms with Crippen molar-refractivity contribution in [1.82, 2.24) is 24.7 Å². The predicted octanol–water partition coefficient (Wildman–Crippen LogP) is 1.36. The predicted molar refractivity (Wildman–Crippen MR) is 56.1 cm³/mol. The van der Waals surface area contributed by atoms with E-state index in [2.05, 4.69) is 20.1 Å². The molecule has 0 aromatic carbocycles. The molecule has 5 nitrogen and oxygen atoms in total. The van der Waals surface area contributed by atoms with Gasteiger partial charge in [0.25, 0.3) is 0 Å². The molecule has 0 spiro atoms. The van der Waals surface area contributed by atoms with Gasteiger partial charge in [0.05, 0.1) is 5.52 Å². The van der Waals surface area contributed by atoms with Gasteiger partial charge in [0.2, 0.25) is 0 Å². The lowest BCUT2D eigenvalue weighted by Crippen LogP contribution is -1.88. The van der Waals surface area contributed by atoms with E-state index in [1.807, 2.05) is 31.4 Å². The van der Waals surface area contributed by atoms with E-state index >= 15 is 0 Å². The van der Waals surface area contributed by atoms with E-state index in [1.54, 1.807) is 10.9 Å². The maximum Gasteiger partial charge on any atom is 0.178 e. The smallest absolute Gasteiger partial charge is 0.178 e. The lowest BCUT2D eigenvalue weighted by molar-refractivity contribution is 0.769. The SMILES string of the molecule is Cn1ccc(-c2nc3ncccc3[nH]2)n1. The van der Waals surface area contributed by atoms with Gasteiger partial charge in [-0.3, -0.25) is 4.68 Å². The van der Waals surface area contributed by atoms with Crippen molar-refractivity contribution >= 4 is 11.2 Å². The normalized spacial score (nSPS) is 11.0. The molecule has 3 aromatic heterocycles. The van der Waals surface area contributed by atoms with Crippen LogP contribution in [0.15, 0.2) is 30.6 Å². The van der Waals surface area contributed by atoms with Crippen LogP contribution in [0.2, 0.25) is 0 Å². The van der Waals surface area contributed by atoms with E-state index < -0.39 is 0 Å². The lowest BCUT2D eigenvalue weighted by Gasteiger charge is -1.87. The second-order valence-electron chi connectivity index (χ2n) is 3.33. The number of aromatic amines is 1. The number of imidazole rings is 1. The van der Waals surface area contributed by atoms with E-state index in [0.717, 1.165) is 22.7 Å². The molecular weight excluding hydrogens is 190 g/mol. The lowest BCUT2D eigenvalue weighted by atomic mass is 10.4. The number of nitrogens with one attached hydrogen (secondary N) is 1. The third-order valence-electron chi connectivity index (χ3n) is 2.21. The molecule has 3 rings (SSSR count). The maximum atomic E-state index is 4.35. The molecule has 0 aliphatic carbocycles. The van der Waals surface area contributed by atoms with Crippen molar-refractivity contribution in [3.05, 3.63) is 30.6 Å². The number of H-pyrrole nitrogens is 1. The summed E-state index contributed by atoms with van der Waals surface area (Å²) in [5.41, 5.74) is 2.48. The first-order valence-corrected chi connectivity index (χ1v) is 4.64. The van der Waals surface area contributed by atoms with Crippen LogP contribution in [0.3, 0.4) is 0 Å². The van der Waals surface area contributed by atoms with Crippen molar-refractivity contribution in [3.8, 4) is 11.5 Å². The van der Waals surface area contributed by atoms with Crippen molar-refractivity contribution in [2.75, 3.05) is 0 Å². The van der Waals surface area contributed by atoms with Crippen LogP contribution >= 0.6 is 0 Å². The number of hydrogen-bond acceptors (Lipinski definition) is 3. The number of aryl methyl sites for hydroxylation is 1. The molecule has 0 fully saturated rings. The average Bonchev–Trinajstić information content (AvgIpc) is 2.82. The van der Waals surface area contributed by atoms with Gasteiger partial charge in [-0.2, -0.15) is 5.10 Å². The number of fused-ring (bicyclic) bond motifs is 1. The minimum Gasteiger partial charge on any atom is -0.335 e. The Morgan fingerprint density at radius 2 is 2.27 bits per heavy atom. The summed E-state index contributed by atoms with van der Waals surface area (Å²) in [6.07, 6.45) is 3.61.